The van der Waals surface area contributed by atoms with Gasteiger partial charge in [0, 0.05) is 24.8 Å². The van der Waals surface area contributed by atoms with Crippen LogP contribution in [0.15, 0.2) is 18.2 Å². The number of rotatable bonds is 1. The Morgan fingerprint density at radius 3 is 2.81 bits per heavy atom. The van der Waals surface area contributed by atoms with E-state index in [4.69, 9.17) is 0 Å². The van der Waals surface area contributed by atoms with E-state index in [0.29, 0.717) is 6.04 Å². The molecule has 1 aliphatic rings. The van der Waals surface area contributed by atoms with E-state index >= 15 is 0 Å². The number of benzene rings is 1. The summed E-state index contributed by atoms with van der Waals surface area (Å²) in [5.41, 5.74) is 4.15. The minimum Gasteiger partial charge on any atom is -0.367 e. The average Bonchev–Trinajstić information content (AvgIpc) is 2.44. The van der Waals surface area contributed by atoms with Crippen molar-refractivity contribution in [2.45, 2.75) is 33.2 Å². The summed E-state index contributed by atoms with van der Waals surface area (Å²) in [4.78, 5) is 2.54. The zero-order valence-electron chi connectivity index (χ0n) is 10.6. The largest absolute Gasteiger partial charge is 0.367 e. The van der Waals surface area contributed by atoms with Gasteiger partial charge in [0.15, 0.2) is 0 Å². The highest BCUT2D eigenvalue weighted by Gasteiger charge is 2.18. The molecule has 1 aromatic rings. The molecule has 2 heteroatoms. The maximum atomic E-state index is 3.47. The third kappa shape index (κ3) is 2.38. The minimum atomic E-state index is 0.636. The molecule has 0 bridgehead atoms. The van der Waals surface area contributed by atoms with Crippen LogP contribution in [0.1, 0.15) is 24.5 Å². The van der Waals surface area contributed by atoms with Gasteiger partial charge in [-0.2, -0.15) is 0 Å². The molecule has 1 aliphatic heterocycles. The van der Waals surface area contributed by atoms with Crippen molar-refractivity contribution in [1.82, 2.24) is 5.32 Å². The lowest BCUT2D eigenvalue weighted by molar-refractivity contribution is 0.630. The van der Waals surface area contributed by atoms with Gasteiger partial charge < -0.3 is 10.2 Å². The predicted molar refractivity (Wildman–Crippen MR) is 70.2 cm³/mol. The topological polar surface area (TPSA) is 15.3 Å². The second-order valence-electron chi connectivity index (χ2n) is 4.87. The predicted octanol–water partition coefficient (Wildman–Crippen LogP) is 2.49. The normalized spacial score (nSPS) is 21.9. The molecule has 1 N–H and O–H groups in total. The maximum absolute atomic E-state index is 3.47. The van der Waals surface area contributed by atoms with Gasteiger partial charge in [-0.3, -0.25) is 0 Å². The van der Waals surface area contributed by atoms with Gasteiger partial charge in [0.1, 0.15) is 0 Å². The minimum absolute atomic E-state index is 0.636. The van der Waals surface area contributed by atoms with E-state index in [1.165, 1.54) is 23.2 Å². The fourth-order valence-electron chi connectivity index (χ4n) is 2.50. The molecule has 1 unspecified atom stereocenters. The number of aryl methyl sites for hydroxylation is 2. The molecule has 16 heavy (non-hydrogen) atoms. The second kappa shape index (κ2) is 4.88. The average molecular weight is 218 g/mol. The van der Waals surface area contributed by atoms with Crippen LogP contribution in [0.3, 0.4) is 0 Å². The zero-order valence-corrected chi connectivity index (χ0v) is 10.6. The fourth-order valence-corrected chi connectivity index (χ4v) is 2.50. The monoisotopic (exact) mass is 218 g/mol. The molecule has 0 aromatic heterocycles. The van der Waals surface area contributed by atoms with Crippen LogP contribution < -0.4 is 10.2 Å². The second-order valence-corrected chi connectivity index (χ2v) is 4.87. The Bertz CT molecular complexity index is 360. The first-order chi connectivity index (χ1) is 7.68. The van der Waals surface area contributed by atoms with Gasteiger partial charge >= 0.3 is 0 Å². The van der Waals surface area contributed by atoms with E-state index in [1.807, 2.05) is 0 Å². The summed E-state index contributed by atoms with van der Waals surface area (Å²) in [6.07, 6.45) is 1.23. The lowest BCUT2D eigenvalue weighted by Crippen LogP contribution is -2.34. The molecular weight excluding hydrogens is 196 g/mol. The first-order valence-electron chi connectivity index (χ1n) is 6.23. The third-order valence-electron chi connectivity index (χ3n) is 3.46. The first-order valence-corrected chi connectivity index (χ1v) is 6.23. The smallest absolute Gasteiger partial charge is 0.0398 e. The Hall–Kier alpha value is -1.02. The Labute approximate surface area is 98.7 Å². The van der Waals surface area contributed by atoms with Crippen LogP contribution >= 0.6 is 0 Å². The van der Waals surface area contributed by atoms with Gasteiger partial charge in [-0.15, -0.1) is 0 Å². The van der Waals surface area contributed by atoms with E-state index in [1.54, 1.807) is 0 Å². The SMILES string of the molecule is Cc1ccc(N2CCNCCC2C)c(C)c1. The standard InChI is InChI=1S/C14H22N2/c1-11-4-5-14(12(2)10-11)16-9-8-15-7-6-13(16)3/h4-5,10,13,15H,6-9H2,1-3H3. The van der Waals surface area contributed by atoms with Crippen molar-refractivity contribution in [3.8, 4) is 0 Å². The summed E-state index contributed by atoms with van der Waals surface area (Å²) in [5.74, 6) is 0. The summed E-state index contributed by atoms with van der Waals surface area (Å²) in [6.45, 7) is 10.1. The van der Waals surface area contributed by atoms with Crippen LogP contribution in [0.2, 0.25) is 0 Å². The third-order valence-corrected chi connectivity index (χ3v) is 3.46. The van der Waals surface area contributed by atoms with E-state index in [-0.39, 0.29) is 0 Å². The molecule has 1 aromatic carbocycles. The molecule has 88 valence electrons. The van der Waals surface area contributed by atoms with Crippen molar-refractivity contribution in [3.05, 3.63) is 29.3 Å². The fraction of sp³-hybridized carbons (Fsp3) is 0.571. The van der Waals surface area contributed by atoms with Crippen molar-refractivity contribution in [2.75, 3.05) is 24.5 Å². The van der Waals surface area contributed by atoms with E-state index in [9.17, 15) is 0 Å². The van der Waals surface area contributed by atoms with Crippen LogP contribution in [0.4, 0.5) is 5.69 Å². The molecule has 0 spiro atoms. The number of nitrogens with one attached hydrogen (secondary N) is 1. The number of hydrogen-bond donors (Lipinski definition) is 1. The highest BCUT2D eigenvalue weighted by Crippen LogP contribution is 2.24. The molecule has 1 saturated heterocycles. The van der Waals surface area contributed by atoms with Crippen LogP contribution in [-0.2, 0) is 0 Å². The van der Waals surface area contributed by atoms with Crippen molar-refractivity contribution in [3.63, 3.8) is 0 Å². The number of hydrogen-bond acceptors (Lipinski definition) is 2. The van der Waals surface area contributed by atoms with Gasteiger partial charge in [-0.1, -0.05) is 17.7 Å². The highest BCUT2D eigenvalue weighted by atomic mass is 15.2. The highest BCUT2D eigenvalue weighted by molar-refractivity contribution is 5.55. The Kier molecular flexibility index (Phi) is 3.49. The number of nitrogens with zero attached hydrogens (tertiary/aromatic N) is 1. The van der Waals surface area contributed by atoms with Crippen LogP contribution in [0.25, 0.3) is 0 Å². The molecule has 0 saturated carbocycles. The van der Waals surface area contributed by atoms with E-state index in [2.05, 4.69) is 49.2 Å². The van der Waals surface area contributed by atoms with Crippen LogP contribution in [0.5, 0.6) is 0 Å². The Morgan fingerprint density at radius 2 is 2.06 bits per heavy atom. The molecule has 0 aliphatic carbocycles. The van der Waals surface area contributed by atoms with Gasteiger partial charge in [0.2, 0.25) is 0 Å². The van der Waals surface area contributed by atoms with Crippen molar-refractivity contribution < 1.29 is 0 Å². The van der Waals surface area contributed by atoms with Gasteiger partial charge in [0.25, 0.3) is 0 Å². The van der Waals surface area contributed by atoms with E-state index < -0.39 is 0 Å². The molecule has 1 fully saturated rings. The Morgan fingerprint density at radius 1 is 1.25 bits per heavy atom. The summed E-state index contributed by atoms with van der Waals surface area (Å²) in [5, 5.41) is 3.47. The van der Waals surface area contributed by atoms with Gasteiger partial charge in [0.05, 0.1) is 0 Å². The molecular formula is C14H22N2. The van der Waals surface area contributed by atoms with Crippen molar-refractivity contribution in [2.24, 2.45) is 0 Å². The van der Waals surface area contributed by atoms with Gasteiger partial charge in [-0.25, -0.2) is 0 Å². The maximum Gasteiger partial charge on any atom is 0.0398 e. The van der Waals surface area contributed by atoms with Crippen LogP contribution in [0, 0.1) is 13.8 Å². The molecule has 0 amide bonds. The molecule has 1 atom stereocenters. The van der Waals surface area contributed by atoms with Crippen molar-refractivity contribution in [1.29, 1.82) is 0 Å². The Balaban J connectivity index is 2.27. The van der Waals surface area contributed by atoms with Crippen LogP contribution in [-0.4, -0.2) is 25.7 Å². The van der Waals surface area contributed by atoms with E-state index in [0.717, 1.165) is 19.6 Å². The number of anilines is 1. The quantitative estimate of drug-likeness (QED) is 0.779. The molecule has 2 nitrogen and oxygen atoms in total. The summed E-state index contributed by atoms with van der Waals surface area (Å²) in [7, 11) is 0. The molecule has 0 radical (unpaired) electrons. The molecule has 1 heterocycles. The lowest BCUT2D eigenvalue weighted by atomic mass is 10.1. The molecule has 2 rings (SSSR count). The summed E-state index contributed by atoms with van der Waals surface area (Å²) >= 11 is 0. The van der Waals surface area contributed by atoms with Gasteiger partial charge in [-0.05, 0) is 45.4 Å². The van der Waals surface area contributed by atoms with Crippen molar-refractivity contribution >= 4 is 5.69 Å². The zero-order chi connectivity index (χ0) is 11.5. The summed E-state index contributed by atoms with van der Waals surface area (Å²) in [6, 6.07) is 7.40. The lowest BCUT2D eigenvalue weighted by Gasteiger charge is -2.30. The summed E-state index contributed by atoms with van der Waals surface area (Å²) < 4.78 is 0. The first kappa shape index (κ1) is 11.5.